The van der Waals surface area contributed by atoms with Gasteiger partial charge in [-0.25, -0.2) is 0 Å². The van der Waals surface area contributed by atoms with Crippen LogP contribution in [0.25, 0.3) is 10.9 Å². The van der Waals surface area contributed by atoms with Crippen molar-refractivity contribution in [2.75, 3.05) is 58.4 Å². The minimum absolute atomic E-state index is 0.0396. The van der Waals surface area contributed by atoms with E-state index in [-0.39, 0.29) is 11.9 Å². The molecule has 1 saturated carbocycles. The van der Waals surface area contributed by atoms with Gasteiger partial charge in [-0.05, 0) is 73.9 Å². The summed E-state index contributed by atoms with van der Waals surface area (Å²) in [6, 6.07) is 10.8. The van der Waals surface area contributed by atoms with Crippen LogP contribution in [0.15, 0.2) is 30.3 Å². The summed E-state index contributed by atoms with van der Waals surface area (Å²) in [5.41, 5.74) is 9.45. The molecule has 0 bridgehead atoms. The molecule has 3 aromatic rings. The fraction of sp³-hybridized carbons (Fsp3) is 0.531. The first-order chi connectivity index (χ1) is 18.9. The van der Waals surface area contributed by atoms with E-state index in [1.807, 2.05) is 4.90 Å². The van der Waals surface area contributed by atoms with Crippen LogP contribution >= 0.6 is 0 Å². The van der Waals surface area contributed by atoms with Gasteiger partial charge < -0.3 is 24.3 Å². The van der Waals surface area contributed by atoms with Crippen molar-refractivity contribution >= 4 is 22.5 Å². The van der Waals surface area contributed by atoms with Crippen LogP contribution in [-0.2, 0) is 22.6 Å². The highest BCUT2D eigenvalue weighted by Crippen LogP contribution is 2.40. The number of benzene rings is 2. The monoisotopic (exact) mass is 530 g/mol. The van der Waals surface area contributed by atoms with Crippen molar-refractivity contribution in [2.24, 2.45) is 5.92 Å². The quantitative estimate of drug-likeness (QED) is 0.441. The molecule has 1 aliphatic carbocycles. The van der Waals surface area contributed by atoms with E-state index in [1.165, 1.54) is 51.7 Å². The van der Waals surface area contributed by atoms with Crippen LogP contribution in [0.1, 0.15) is 57.2 Å². The number of carbonyl (C=O) groups is 1. The van der Waals surface area contributed by atoms with Crippen molar-refractivity contribution in [1.82, 2.24) is 14.4 Å². The highest BCUT2D eigenvalue weighted by Gasteiger charge is 2.29. The third kappa shape index (κ3) is 5.20. The molecule has 39 heavy (non-hydrogen) atoms. The number of nitrogens with zero attached hydrogens (tertiary/aromatic N) is 3. The summed E-state index contributed by atoms with van der Waals surface area (Å²) in [6.07, 6.45) is 2.60. The molecule has 2 aliphatic heterocycles. The molecular weight excluding hydrogens is 488 g/mol. The van der Waals surface area contributed by atoms with Crippen molar-refractivity contribution in [2.45, 2.75) is 52.8 Å². The molecule has 1 unspecified atom stereocenters. The molecule has 3 aliphatic rings. The van der Waals surface area contributed by atoms with Gasteiger partial charge in [0.15, 0.2) is 0 Å². The predicted octanol–water partition coefficient (Wildman–Crippen LogP) is 5.06. The number of amides is 1. The Kier molecular flexibility index (Phi) is 7.40. The van der Waals surface area contributed by atoms with Crippen LogP contribution in [0.5, 0.6) is 0 Å². The lowest BCUT2D eigenvalue weighted by Gasteiger charge is -2.34. The maximum Gasteiger partial charge on any atom is 0.254 e. The van der Waals surface area contributed by atoms with Crippen LogP contribution < -0.4 is 5.32 Å². The van der Waals surface area contributed by atoms with Crippen LogP contribution in [0.3, 0.4) is 0 Å². The van der Waals surface area contributed by atoms with Crippen molar-refractivity contribution in [3.8, 4) is 0 Å². The molecule has 1 atom stereocenters. The number of nitrogens with one attached hydrogen (secondary N) is 1. The Morgan fingerprint density at radius 1 is 1.10 bits per heavy atom. The predicted molar refractivity (Wildman–Crippen MR) is 156 cm³/mol. The van der Waals surface area contributed by atoms with Crippen molar-refractivity contribution in [3.05, 3.63) is 63.8 Å². The third-order valence-corrected chi connectivity index (χ3v) is 9.02. The molecular formula is C32H42N4O3. The molecule has 6 rings (SSSR count). The zero-order valence-corrected chi connectivity index (χ0v) is 23.9. The van der Waals surface area contributed by atoms with Crippen molar-refractivity contribution < 1.29 is 14.3 Å². The van der Waals surface area contributed by atoms with Gasteiger partial charge in [0.05, 0.1) is 37.1 Å². The van der Waals surface area contributed by atoms with Gasteiger partial charge in [-0.3, -0.25) is 9.69 Å². The van der Waals surface area contributed by atoms with E-state index in [2.05, 4.69) is 65.9 Å². The number of aryl methyl sites for hydroxylation is 2. The first-order valence-corrected chi connectivity index (χ1v) is 14.5. The van der Waals surface area contributed by atoms with E-state index in [9.17, 15) is 4.79 Å². The second kappa shape index (κ2) is 11.0. The molecule has 2 fully saturated rings. The number of fused-ring (bicyclic) bond motifs is 2. The van der Waals surface area contributed by atoms with Gasteiger partial charge in [-0.15, -0.1) is 0 Å². The number of ether oxygens (including phenoxy) is 2. The lowest BCUT2D eigenvalue weighted by molar-refractivity contribution is 0.0594. The first-order valence-electron chi connectivity index (χ1n) is 14.5. The average Bonchev–Trinajstić information content (AvgIpc) is 3.74. The van der Waals surface area contributed by atoms with Crippen molar-refractivity contribution in [3.63, 3.8) is 0 Å². The van der Waals surface area contributed by atoms with E-state index >= 15 is 0 Å². The smallest absolute Gasteiger partial charge is 0.254 e. The van der Waals surface area contributed by atoms with E-state index in [1.54, 1.807) is 7.11 Å². The first kappa shape index (κ1) is 26.4. The number of hydrogen-bond donors (Lipinski definition) is 1. The Labute approximate surface area is 232 Å². The normalized spacial score (nSPS) is 19.9. The Balaban J connectivity index is 1.37. The lowest BCUT2D eigenvalue weighted by Crippen LogP contribution is -2.49. The van der Waals surface area contributed by atoms with Crippen LogP contribution in [0.4, 0.5) is 5.69 Å². The van der Waals surface area contributed by atoms with Gasteiger partial charge >= 0.3 is 0 Å². The molecule has 2 aromatic carbocycles. The second-order valence-corrected chi connectivity index (χ2v) is 11.7. The number of hydrogen-bond acceptors (Lipinski definition) is 5. The van der Waals surface area contributed by atoms with E-state index < -0.39 is 0 Å². The Hall–Kier alpha value is -2.87. The van der Waals surface area contributed by atoms with E-state index in [4.69, 9.17) is 9.47 Å². The summed E-state index contributed by atoms with van der Waals surface area (Å²) in [5.74, 6) is 0.873. The molecule has 1 saturated heterocycles. The molecule has 0 radical (unpaired) electrons. The zero-order valence-electron chi connectivity index (χ0n) is 23.9. The van der Waals surface area contributed by atoms with Gasteiger partial charge in [0.1, 0.15) is 0 Å². The molecule has 208 valence electrons. The van der Waals surface area contributed by atoms with Gasteiger partial charge in [0.25, 0.3) is 5.91 Å². The number of rotatable bonds is 8. The molecule has 1 aromatic heterocycles. The number of piperazine rings is 1. The topological polar surface area (TPSA) is 59.0 Å². The molecule has 1 N–H and O–H groups in total. The fourth-order valence-corrected chi connectivity index (χ4v) is 6.41. The average molecular weight is 531 g/mol. The molecule has 3 heterocycles. The van der Waals surface area contributed by atoms with Gasteiger partial charge in [0.2, 0.25) is 0 Å². The number of aromatic nitrogens is 1. The summed E-state index contributed by atoms with van der Waals surface area (Å²) in [4.78, 5) is 18.3. The fourth-order valence-electron chi connectivity index (χ4n) is 6.41. The summed E-state index contributed by atoms with van der Waals surface area (Å²) < 4.78 is 13.8. The highest BCUT2D eigenvalue weighted by atomic mass is 16.5. The third-order valence-electron chi connectivity index (χ3n) is 9.02. The Morgan fingerprint density at radius 2 is 1.90 bits per heavy atom. The van der Waals surface area contributed by atoms with Crippen LogP contribution in [0, 0.1) is 26.7 Å². The summed E-state index contributed by atoms with van der Waals surface area (Å²) in [5, 5.41) is 5.07. The van der Waals surface area contributed by atoms with Crippen LogP contribution in [-0.4, -0.2) is 73.3 Å². The minimum atomic E-state index is 0.0396. The van der Waals surface area contributed by atoms with Crippen molar-refractivity contribution in [1.29, 1.82) is 0 Å². The SMILES string of the molecule is COCCN1CCN(C(=O)c2cc(NC3COCc4cccc(C)c43)c3c(c2)c(C)c(C)n3CC2CC2)CC1. The summed E-state index contributed by atoms with van der Waals surface area (Å²) in [6.45, 7) is 13.8. The molecule has 1 amide bonds. The largest absolute Gasteiger partial charge is 0.383 e. The van der Waals surface area contributed by atoms with E-state index in [0.717, 1.165) is 63.0 Å². The molecule has 0 spiro atoms. The number of methoxy groups -OCH3 is 1. The molecule has 7 nitrogen and oxygen atoms in total. The summed E-state index contributed by atoms with van der Waals surface area (Å²) >= 11 is 0. The number of carbonyl (C=O) groups excluding carboxylic acids is 1. The van der Waals surface area contributed by atoms with Gasteiger partial charge in [-0.1, -0.05) is 18.2 Å². The number of anilines is 1. The minimum Gasteiger partial charge on any atom is -0.383 e. The van der Waals surface area contributed by atoms with E-state index in [0.29, 0.717) is 13.2 Å². The summed E-state index contributed by atoms with van der Waals surface area (Å²) in [7, 11) is 1.74. The van der Waals surface area contributed by atoms with Crippen LogP contribution in [0.2, 0.25) is 0 Å². The van der Waals surface area contributed by atoms with Gasteiger partial charge in [-0.2, -0.15) is 0 Å². The lowest BCUT2D eigenvalue weighted by atomic mass is 9.94. The van der Waals surface area contributed by atoms with Gasteiger partial charge in [0, 0.05) is 63.0 Å². The Bertz CT molecular complexity index is 1370. The Morgan fingerprint density at radius 3 is 2.64 bits per heavy atom. The standard InChI is InChI=1S/C32H42N4O3/c1-21-6-5-7-25-19-39-20-29(30(21)25)33-28-17-26(32(37)35-12-10-34(11-13-35)14-15-38-4)16-27-22(2)23(3)36(31(27)28)18-24-8-9-24/h5-7,16-17,24,29,33H,8-15,18-20H2,1-4H3. The second-order valence-electron chi connectivity index (χ2n) is 11.7. The highest BCUT2D eigenvalue weighted by molar-refractivity contribution is 6.04. The zero-order chi connectivity index (χ0) is 27.1. The maximum absolute atomic E-state index is 13.9. The molecule has 7 heteroatoms. The maximum atomic E-state index is 13.9.